The molecule has 0 fully saturated rings. The molecule has 0 atom stereocenters. The maximum Gasteiger partial charge on any atom is 0.162 e. The summed E-state index contributed by atoms with van der Waals surface area (Å²) in [5.74, 6) is 1.19. The molecule has 0 radical (unpaired) electrons. The summed E-state index contributed by atoms with van der Waals surface area (Å²) in [6, 6.07) is 8.35. The number of aryl methyl sites for hydroxylation is 2. The van der Waals surface area contributed by atoms with Crippen LogP contribution in [-0.2, 0) is 24.2 Å². The molecular formula is C19H21N5O. The van der Waals surface area contributed by atoms with E-state index in [1.807, 2.05) is 13.0 Å². The first-order valence-corrected chi connectivity index (χ1v) is 8.54. The van der Waals surface area contributed by atoms with Crippen LogP contribution in [0, 0.1) is 6.92 Å². The van der Waals surface area contributed by atoms with Crippen molar-refractivity contribution in [2.75, 3.05) is 11.1 Å². The quantitative estimate of drug-likeness (QED) is 0.765. The molecule has 0 amide bonds. The first-order valence-electron chi connectivity index (χ1n) is 8.54. The predicted octanol–water partition coefficient (Wildman–Crippen LogP) is 3.14. The number of pyridine rings is 1. The van der Waals surface area contributed by atoms with Gasteiger partial charge in [0.25, 0.3) is 0 Å². The summed E-state index contributed by atoms with van der Waals surface area (Å²) < 4.78 is 1.58. The SMILES string of the molecule is CC(=O)Cn1nc(N)c2cc(C)c(Nc3cccc4c3CCC4)nc21. The van der Waals surface area contributed by atoms with E-state index in [2.05, 4.69) is 28.6 Å². The van der Waals surface area contributed by atoms with Crippen molar-refractivity contribution in [2.45, 2.75) is 39.7 Å². The Bertz CT molecular complexity index is 989. The summed E-state index contributed by atoms with van der Waals surface area (Å²) in [6.45, 7) is 3.70. The highest BCUT2D eigenvalue weighted by Crippen LogP contribution is 2.32. The highest BCUT2D eigenvalue weighted by Gasteiger charge is 2.17. The van der Waals surface area contributed by atoms with Gasteiger partial charge in [0.15, 0.2) is 17.2 Å². The molecule has 1 aliphatic rings. The highest BCUT2D eigenvalue weighted by molar-refractivity contribution is 5.90. The van der Waals surface area contributed by atoms with Gasteiger partial charge >= 0.3 is 0 Å². The van der Waals surface area contributed by atoms with E-state index >= 15 is 0 Å². The number of Topliss-reactive ketones (excluding diaryl/α,β-unsaturated/α-hetero) is 1. The number of hydrogen-bond acceptors (Lipinski definition) is 5. The van der Waals surface area contributed by atoms with Gasteiger partial charge in [0, 0.05) is 5.69 Å². The fourth-order valence-electron chi connectivity index (χ4n) is 3.53. The number of ketones is 1. The largest absolute Gasteiger partial charge is 0.382 e. The van der Waals surface area contributed by atoms with E-state index in [-0.39, 0.29) is 12.3 Å². The standard InChI is InChI=1S/C19H21N5O/c1-11-9-15-17(20)23-24(10-12(2)25)19(15)22-18(11)21-16-8-4-6-13-5-3-7-14(13)16/h4,6,8-9H,3,5,7,10H2,1-2H3,(H2,20,23)(H,21,22). The van der Waals surface area contributed by atoms with Gasteiger partial charge in [0.1, 0.15) is 12.4 Å². The minimum absolute atomic E-state index is 0.0159. The second-order valence-electron chi connectivity index (χ2n) is 6.69. The molecule has 0 spiro atoms. The number of anilines is 3. The average molecular weight is 335 g/mol. The van der Waals surface area contributed by atoms with Crippen LogP contribution in [0.25, 0.3) is 11.0 Å². The number of carbonyl (C=O) groups is 1. The molecule has 0 unspecified atom stereocenters. The molecule has 6 nitrogen and oxygen atoms in total. The van der Waals surface area contributed by atoms with Crippen molar-refractivity contribution in [1.29, 1.82) is 0 Å². The van der Waals surface area contributed by atoms with Gasteiger partial charge in [-0.2, -0.15) is 5.10 Å². The summed E-state index contributed by atoms with van der Waals surface area (Å²) in [5, 5.41) is 8.52. The van der Waals surface area contributed by atoms with Crippen molar-refractivity contribution in [3.8, 4) is 0 Å². The Morgan fingerprint density at radius 1 is 1.36 bits per heavy atom. The molecule has 25 heavy (non-hydrogen) atoms. The summed E-state index contributed by atoms with van der Waals surface area (Å²) in [5.41, 5.74) is 11.5. The molecule has 128 valence electrons. The van der Waals surface area contributed by atoms with Crippen LogP contribution in [-0.4, -0.2) is 20.5 Å². The van der Waals surface area contributed by atoms with E-state index in [9.17, 15) is 4.79 Å². The lowest BCUT2D eigenvalue weighted by molar-refractivity contribution is -0.117. The van der Waals surface area contributed by atoms with Crippen LogP contribution in [0.1, 0.15) is 30.0 Å². The Kier molecular flexibility index (Phi) is 3.67. The number of fused-ring (bicyclic) bond motifs is 2. The lowest BCUT2D eigenvalue weighted by Crippen LogP contribution is -2.09. The van der Waals surface area contributed by atoms with Crippen molar-refractivity contribution in [2.24, 2.45) is 0 Å². The van der Waals surface area contributed by atoms with Gasteiger partial charge in [0.05, 0.1) is 5.39 Å². The Morgan fingerprint density at radius 2 is 2.20 bits per heavy atom. The minimum Gasteiger partial charge on any atom is -0.382 e. The second-order valence-corrected chi connectivity index (χ2v) is 6.69. The van der Waals surface area contributed by atoms with Crippen molar-refractivity contribution in [3.05, 3.63) is 41.0 Å². The number of nitrogens with two attached hydrogens (primary N) is 1. The van der Waals surface area contributed by atoms with Crippen LogP contribution in [0.4, 0.5) is 17.3 Å². The van der Waals surface area contributed by atoms with Gasteiger partial charge in [-0.3, -0.25) is 4.79 Å². The van der Waals surface area contributed by atoms with E-state index in [0.717, 1.165) is 35.3 Å². The van der Waals surface area contributed by atoms with Gasteiger partial charge in [-0.25, -0.2) is 9.67 Å². The number of aromatic nitrogens is 3. The molecule has 1 aromatic carbocycles. The van der Waals surface area contributed by atoms with Crippen molar-refractivity contribution in [1.82, 2.24) is 14.8 Å². The zero-order valence-electron chi connectivity index (χ0n) is 14.5. The van der Waals surface area contributed by atoms with E-state index in [1.165, 1.54) is 24.5 Å². The molecule has 0 saturated heterocycles. The molecule has 2 aromatic heterocycles. The summed E-state index contributed by atoms with van der Waals surface area (Å²) in [7, 11) is 0. The van der Waals surface area contributed by atoms with E-state index in [0.29, 0.717) is 11.5 Å². The van der Waals surface area contributed by atoms with E-state index < -0.39 is 0 Å². The fraction of sp³-hybridized carbons (Fsp3) is 0.316. The van der Waals surface area contributed by atoms with Crippen LogP contribution in [0.3, 0.4) is 0 Å². The third-order valence-corrected chi connectivity index (χ3v) is 4.71. The number of nitrogen functional groups attached to an aromatic ring is 1. The Morgan fingerprint density at radius 3 is 3.00 bits per heavy atom. The molecule has 2 heterocycles. The Hall–Kier alpha value is -2.89. The summed E-state index contributed by atoms with van der Waals surface area (Å²) in [4.78, 5) is 16.2. The normalized spacial score (nSPS) is 13.2. The topological polar surface area (TPSA) is 85.8 Å². The van der Waals surface area contributed by atoms with Crippen LogP contribution < -0.4 is 11.1 Å². The fourth-order valence-corrected chi connectivity index (χ4v) is 3.53. The van der Waals surface area contributed by atoms with Crippen molar-refractivity contribution >= 4 is 34.1 Å². The average Bonchev–Trinajstić information content (AvgIpc) is 3.14. The number of carbonyl (C=O) groups excluding carboxylic acids is 1. The predicted molar refractivity (Wildman–Crippen MR) is 99.1 cm³/mol. The van der Waals surface area contributed by atoms with Gasteiger partial charge in [-0.05, 0) is 61.9 Å². The number of rotatable bonds is 4. The van der Waals surface area contributed by atoms with Crippen LogP contribution in [0.5, 0.6) is 0 Å². The van der Waals surface area contributed by atoms with Crippen molar-refractivity contribution < 1.29 is 4.79 Å². The Labute approximate surface area is 146 Å². The lowest BCUT2D eigenvalue weighted by Gasteiger charge is -2.13. The van der Waals surface area contributed by atoms with E-state index in [4.69, 9.17) is 10.7 Å². The maximum atomic E-state index is 11.5. The maximum absolute atomic E-state index is 11.5. The van der Waals surface area contributed by atoms with Gasteiger partial charge in [0.2, 0.25) is 0 Å². The third kappa shape index (κ3) is 2.73. The van der Waals surface area contributed by atoms with Crippen molar-refractivity contribution in [3.63, 3.8) is 0 Å². The third-order valence-electron chi connectivity index (χ3n) is 4.71. The molecule has 4 rings (SSSR count). The van der Waals surface area contributed by atoms with Crippen LogP contribution >= 0.6 is 0 Å². The molecule has 3 N–H and O–H groups in total. The number of nitrogens with one attached hydrogen (secondary N) is 1. The van der Waals surface area contributed by atoms with Crippen LogP contribution in [0.2, 0.25) is 0 Å². The number of nitrogens with zero attached hydrogens (tertiary/aromatic N) is 3. The smallest absolute Gasteiger partial charge is 0.162 e. The van der Waals surface area contributed by atoms with E-state index in [1.54, 1.807) is 4.68 Å². The first kappa shape index (κ1) is 15.6. The summed E-state index contributed by atoms with van der Waals surface area (Å²) in [6.07, 6.45) is 3.43. The second kappa shape index (κ2) is 5.88. The lowest BCUT2D eigenvalue weighted by atomic mass is 10.1. The molecular weight excluding hydrogens is 314 g/mol. The van der Waals surface area contributed by atoms with Crippen LogP contribution in [0.15, 0.2) is 24.3 Å². The van der Waals surface area contributed by atoms with Gasteiger partial charge < -0.3 is 11.1 Å². The minimum atomic E-state index is 0.0159. The summed E-state index contributed by atoms with van der Waals surface area (Å²) >= 11 is 0. The Balaban J connectivity index is 1.78. The number of benzene rings is 1. The number of hydrogen-bond donors (Lipinski definition) is 2. The molecule has 6 heteroatoms. The zero-order valence-corrected chi connectivity index (χ0v) is 14.5. The molecule has 0 saturated carbocycles. The van der Waals surface area contributed by atoms with Gasteiger partial charge in [-0.1, -0.05) is 12.1 Å². The molecule has 3 aromatic rings. The molecule has 0 aliphatic heterocycles. The van der Waals surface area contributed by atoms with Gasteiger partial charge in [-0.15, -0.1) is 0 Å². The first-order chi connectivity index (χ1) is 12.0. The highest BCUT2D eigenvalue weighted by atomic mass is 16.1. The monoisotopic (exact) mass is 335 g/mol. The molecule has 0 bridgehead atoms. The molecule has 1 aliphatic carbocycles. The zero-order chi connectivity index (χ0) is 17.6.